The maximum Gasteiger partial charge on any atom is 0.325 e. The highest BCUT2D eigenvalue weighted by Gasteiger charge is 2.14. The standard InChI is InChI=1S/C12H11N7O4S2/c1-5-6(9(21)16-10(22)14-5)2-8-17-19-12(23-8)24-3-7(20)15-11-18-13-4-25-11/h4H,2-3H2,1H3,(H,15,18,20)(H2,14,16,21,22). The van der Waals surface area contributed by atoms with Gasteiger partial charge in [-0.3, -0.25) is 19.9 Å². The fraction of sp³-hybridized carbons (Fsp3) is 0.250. The molecule has 0 atom stereocenters. The molecule has 0 aromatic carbocycles. The molecule has 3 rings (SSSR count). The zero-order chi connectivity index (χ0) is 17.8. The number of carbonyl (C=O) groups excluding carboxylic acids is 1. The average molecular weight is 381 g/mol. The van der Waals surface area contributed by atoms with Crippen LogP contribution in [0, 0.1) is 6.92 Å². The lowest BCUT2D eigenvalue weighted by molar-refractivity contribution is -0.113. The molecule has 25 heavy (non-hydrogen) atoms. The van der Waals surface area contributed by atoms with E-state index in [1.165, 1.54) is 16.8 Å². The zero-order valence-corrected chi connectivity index (χ0v) is 14.4. The molecule has 3 heterocycles. The van der Waals surface area contributed by atoms with Gasteiger partial charge in [0.05, 0.1) is 12.2 Å². The van der Waals surface area contributed by atoms with Crippen LogP contribution in [0.25, 0.3) is 0 Å². The second-order valence-electron chi connectivity index (χ2n) is 4.73. The number of nitrogens with zero attached hydrogens (tertiary/aromatic N) is 4. The van der Waals surface area contributed by atoms with Gasteiger partial charge >= 0.3 is 5.69 Å². The van der Waals surface area contributed by atoms with Crippen LogP contribution in [-0.4, -0.2) is 42.0 Å². The first-order valence-electron chi connectivity index (χ1n) is 6.84. The topological polar surface area (TPSA) is 160 Å². The number of aryl methyl sites for hydroxylation is 1. The molecule has 0 aliphatic carbocycles. The van der Waals surface area contributed by atoms with E-state index in [1.54, 1.807) is 6.92 Å². The van der Waals surface area contributed by atoms with Crippen LogP contribution in [0.15, 0.2) is 24.7 Å². The van der Waals surface area contributed by atoms with Crippen molar-refractivity contribution in [3.63, 3.8) is 0 Å². The molecule has 0 saturated heterocycles. The zero-order valence-electron chi connectivity index (χ0n) is 12.7. The number of aromatic amines is 2. The van der Waals surface area contributed by atoms with Crippen LogP contribution in [0.5, 0.6) is 0 Å². The van der Waals surface area contributed by atoms with Crippen molar-refractivity contribution in [2.75, 3.05) is 11.1 Å². The summed E-state index contributed by atoms with van der Waals surface area (Å²) < 4.78 is 5.40. The van der Waals surface area contributed by atoms with E-state index in [0.717, 1.165) is 11.8 Å². The van der Waals surface area contributed by atoms with Gasteiger partial charge in [-0.25, -0.2) is 4.79 Å². The number of rotatable bonds is 6. The molecule has 13 heteroatoms. The fourth-order valence-electron chi connectivity index (χ4n) is 1.87. The van der Waals surface area contributed by atoms with Crippen LogP contribution >= 0.6 is 23.1 Å². The lowest BCUT2D eigenvalue weighted by Crippen LogP contribution is -2.27. The molecule has 0 spiro atoms. The SMILES string of the molecule is Cc1[nH]c(=O)[nH]c(=O)c1Cc1nnc(SCC(=O)Nc2nncs2)o1. The van der Waals surface area contributed by atoms with E-state index < -0.39 is 11.2 Å². The summed E-state index contributed by atoms with van der Waals surface area (Å²) in [5.74, 6) is -0.0263. The number of nitrogens with one attached hydrogen (secondary N) is 3. The lowest BCUT2D eigenvalue weighted by atomic mass is 10.2. The molecular formula is C12H11N7O4S2. The molecule has 130 valence electrons. The van der Waals surface area contributed by atoms with E-state index in [2.05, 4.69) is 35.7 Å². The Balaban J connectivity index is 1.60. The smallest absolute Gasteiger partial charge is 0.325 e. The molecule has 1 amide bonds. The van der Waals surface area contributed by atoms with Crippen LogP contribution in [0.3, 0.4) is 0 Å². The van der Waals surface area contributed by atoms with Crippen LogP contribution in [-0.2, 0) is 11.2 Å². The molecule has 0 radical (unpaired) electrons. The minimum absolute atomic E-state index is 0.0550. The van der Waals surface area contributed by atoms with Crippen molar-refractivity contribution in [2.45, 2.75) is 18.6 Å². The number of aromatic nitrogens is 6. The van der Waals surface area contributed by atoms with Gasteiger partial charge in [0, 0.05) is 11.3 Å². The van der Waals surface area contributed by atoms with E-state index in [-0.39, 0.29) is 29.2 Å². The Labute approximate surface area is 147 Å². The molecule has 0 aliphatic heterocycles. The van der Waals surface area contributed by atoms with Crippen molar-refractivity contribution >= 4 is 34.1 Å². The molecule has 0 bridgehead atoms. The summed E-state index contributed by atoms with van der Waals surface area (Å²) in [6.07, 6.45) is 0.0719. The average Bonchev–Trinajstić information content (AvgIpc) is 3.20. The minimum Gasteiger partial charge on any atom is -0.416 e. The first-order valence-corrected chi connectivity index (χ1v) is 8.71. The quantitative estimate of drug-likeness (QED) is 0.496. The third kappa shape index (κ3) is 4.39. The molecule has 0 unspecified atom stereocenters. The van der Waals surface area contributed by atoms with Gasteiger partial charge in [-0.05, 0) is 6.92 Å². The van der Waals surface area contributed by atoms with Crippen molar-refractivity contribution in [3.8, 4) is 0 Å². The Morgan fingerprint density at radius 3 is 2.88 bits per heavy atom. The van der Waals surface area contributed by atoms with E-state index in [1.807, 2.05) is 0 Å². The van der Waals surface area contributed by atoms with E-state index in [4.69, 9.17) is 4.42 Å². The molecule has 3 N–H and O–H groups in total. The van der Waals surface area contributed by atoms with Crippen molar-refractivity contribution in [1.82, 2.24) is 30.4 Å². The maximum atomic E-state index is 11.8. The number of hydrogen-bond donors (Lipinski definition) is 3. The summed E-state index contributed by atoms with van der Waals surface area (Å²) >= 11 is 2.26. The van der Waals surface area contributed by atoms with E-state index in [9.17, 15) is 14.4 Å². The van der Waals surface area contributed by atoms with Crippen molar-refractivity contribution in [1.29, 1.82) is 0 Å². The maximum absolute atomic E-state index is 11.8. The summed E-state index contributed by atoms with van der Waals surface area (Å²) in [4.78, 5) is 39.4. The highest BCUT2D eigenvalue weighted by atomic mass is 32.2. The van der Waals surface area contributed by atoms with Gasteiger partial charge < -0.3 is 9.40 Å². The lowest BCUT2D eigenvalue weighted by Gasteiger charge is -2.00. The van der Waals surface area contributed by atoms with E-state index in [0.29, 0.717) is 16.4 Å². The predicted molar refractivity (Wildman–Crippen MR) is 88.8 cm³/mol. The molecular weight excluding hydrogens is 370 g/mol. The second-order valence-corrected chi connectivity index (χ2v) is 6.49. The fourth-order valence-corrected chi connectivity index (χ4v) is 2.91. The van der Waals surface area contributed by atoms with Crippen molar-refractivity contribution < 1.29 is 9.21 Å². The number of amides is 1. The number of anilines is 1. The van der Waals surface area contributed by atoms with Crippen molar-refractivity contribution in [2.24, 2.45) is 0 Å². The van der Waals surface area contributed by atoms with Gasteiger partial charge in [0.1, 0.15) is 5.51 Å². The Morgan fingerprint density at radius 1 is 1.32 bits per heavy atom. The van der Waals surface area contributed by atoms with Crippen LogP contribution in [0.1, 0.15) is 17.1 Å². The number of hydrogen-bond acceptors (Lipinski definition) is 10. The van der Waals surface area contributed by atoms with Gasteiger partial charge in [0.2, 0.25) is 16.9 Å². The second kappa shape index (κ2) is 7.40. The highest BCUT2D eigenvalue weighted by Crippen LogP contribution is 2.18. The van der Waals surface area contributed by atoms with Gasteiger partial charge in [0.25, 0.3) is 10.8 Å². The summed E-state index contributed by atoms with van der Waals surface area (Å²) in [6, 6.07) is 0. The molecule has 0 saturated carbocycles. The molecule has 3 aromatic rings. The van der Waals surface area contributed by atoms with Gasteiger partial charge in [-0.2, -0.15) is 0 Å². The van der Waals surface area contributed by atoms with Crippen LogP contribution < -0.4 is 16.6 Å². The van der Waals surface area contributed by atoms with Crippen LogP contribution in [0.2, 0.25) is 0 Å². The van der Waals surface area contributed by atoms with Gasteiger partial charge in [0.15, 0.2) is 0 Å². The molecule has 0 aliphatic rings. The normalized spacial score (nSPS) is 10.8. The summed E-state index contributed by atoms with van der Waals surface area (Å²) in [6.45, 7) is 1.61. The Morgan fingerprint density at radius 2 is 2.16 bits per heavy atom. The number of carbonyl (C=O) groups is 1. The Bertz CT molecular complexity index is 992. The molecule has 11 nitrogen and oxygen atoms in total. The van der Waals surface area contributed by atoms with Crippen molar-refractivity contribution in [3.05, 3.63) is 43.5 Å². The predicted octanol–water partition coefficient (Wildman–Crippen LogP) is -0.0723. The minimum atomic E-state index is -0.575. The number of thioether (sulfide) groups is 1. The van der Waals surface area contributed by atoms with Crippen LogP contribution in [0.4, 0.5) is 5.13 Å². The summed E-state index contributed by atoms with van der Waals surface area (Å²) in [7, 11) is 0. The Hall–Kier alpha value is -2.80. The van der Waals surface area contributed by atoms with E-state index >= 15 is 0 Å². The van der Waals surface area contributed by atoms with Gasteiger partial charge in [-0.1, -0.05) is 23.1 Å². The van der Waals surface area contributed by atoms with Gasteiger partial charge in [-0.15, -0.1) is 20.4 Å². The third-order valence-corrected chi connectivity index (χ3v) is 4.39. The number of H-pyrrole nitrogens is 2. The molecule has 0 fully saturated rings. The monoisotopic (exact) mass is 381 g/mol. The largest absolute Gasteiger partial charge is 0.416 e. The summed E-state index contributed by atoms with van der Waals surface area (Å²) in [5, 5.41) is 18.1. The summed E-state index contributed by atoms with van der Waals surface area (Å²) in [5.41, 5.74) is 1.18. The first kappa shape index (κ1) is 17.0. The third-order valence-electron chi connectivity index (χ3n) is 2.96. The molecule has 3 aromatic heterocycles. The first-order chi connectivity index (χ1) is 12.0. The highest BCUT2D eigenvalue weighted by molar-refractivity contribution is 7.99. The Kier molecular flexibility index (Phi) is 5.04.